The Kier molecular flexibility index (Phi) is 5.62. The van der Waals surface area contributed by atoms with Crippen molar-refractivity contribution >= 4 is 21.6 Å². The van der Waals surface area contributed by atoms with Gasteiger partial charge in [0.25, 0.3) is 5.91 Å². The zero-order chi connectivity index (χ0) is 20.3. The fourth-order valence-corrected chi connectivity index (χ4v) is 4.04. The number of amides is 1. The molecule has 0 aliphatic heterocycles. The molecule has 7 nitrogen and oxygen atoms in total. The highest BCUT2D eigenvalue weighted by atomic mass is 32.2. The van der Waals surface area contributed by atoms with E-state index >= 15 is 0 Å². The summed E-state index contributed by atoms with van der Waals surface area (Å²) in [6.45, 7) is 5.42. The maximum absolute atomic E-state index is 12.6. The van der Waals surface area contributed by atoms with Crippen LogP contribution in [0.2, 0.25) is 0 Å². The maximum atomic E-state index is 12.6. The lowest BCUT2D eigenvalue weighted by Crippen LogP contribution is -2.30. The van der Waals surface area contributed by atoms with Gasteiger partial charge in [0.15, 0.2) is 0 Å². The molecule has 0 saturated carbocycles. The van der Waals surface area contributed by atoms with Crippen LogP contribution in [-0.4, -0.2) is 30.1 Å². The normalized spacial score (nSPS) is 11.6. The highest BCUT2D eigenvalue weighted by Crippen LogP contribution is 2.18. The predicted octanol–water partition coefficient (Wildman–Crippen LogP) is 3.12. The van der Waals surface area contributed by atoms with Crippen molar-refractivity contribution in [2.45, 2.75) is 31.7 Å². The van der Waals surface area contributed by atoms with Crippen molar-refractivity contribution in [1.82, 2.24) is 14.5 Å². The summed E-state index contributed by atoms with van der Waals surface area (Å²) in [5.41, 5.74) is 2.63. The van der Waals surface area contributed by atoms with Crippen molar-refractivity contribution in [2.24, 2.45) is 0 Å². The molecule has 1 amide bonds. The third kappa shape index (κ3) is 4.47. The number of sulfonamides is 1. The molecule has 0 saturated heterocycles. The molecular formula is C20H22N4O3S. The van der Waals surface area contributed by atoms with Crippen LogP contribution >= 0.6 is 0 Å². The summed E-state index contributed by atoms with van der Waals surface area (Å²) in [4.78, 5) is 12.7. The van der Waals surface area contributed by atoms with E-state index in [4.69, 9.17) is 0 Å². The van der Waals surface area contributed by atoms with Gasteiger partial charge in [-0.15, -0.1) is 0 Å². The van der Waals surface area contributed by atoms with Gasteiger partial charge in [-0.25, -0.2) is 17.8 Å². The van der Waals surface area contributed by atoms with E-state index in [0.29, 0.717) is 5.69 Å². The Bertz CT molecular complexity index is 1100. The number of carbonyl (C=O) groups excluding carboxylic acids is 1. The van der Waals surface area contributed by atoms with Crippen molar-refractivity contribution in [3.05, 3.63) is 72.1 Å². The van der Waals surface area contributed by atoms with Crippen molar-refractivity contribution < 1.29 is 13.2 Å². The molecule has 0 aliphatic carbocycles. The number of nitrogens with zero attached hydrogens (tertiary/aromatic N) is 2. The van der Waals surface area contributed by atoms with Crippen LogP contribution in [0.15, 0.2) is 65.7 Å². The minimum Gasteiger partial charge on any atom is -0.322 e. The molecule has 0 bridgehead atoms. The molecule has 1 aromatic heterocycles. The third-order valence-corrected chi connectivity index (χ3v) is 5.63. The number of anilines is 1. The molecular weight excluding hydrogens is 376 g/mol. The van der Waals surface area contributed by atoms with Crippen molar-refractivity contribution in [1.29, 1.82) is 0 Å². The first-order valence-electron chi connectivity index (χ1n) is 8.81. The lowest BCUT2D eigenvalue weighted by molar-refractivity contribution is 0.102. The minimum atomic E-state index is -3.67. The Morgan fingerprint density at radius 2 is 1.82 bits per heavy atom. The molecule has 2 aromatic carbocycles. The number of benzene rings is 2. The maximum Gasteiger partial charge on any atom is 0.255 e. The minimum absolute atomic E-state index is 0.0507. The molecule has 8 heteroatoms. The first kappa shape index (κ1) is 19.8. The van der Waals surface area contributed by atoms with E-state index in [1.54, 1.807) is 49.0 Å². The van der Waals surface area contributed by atoms with E-state index in [1.807, 2.05) is 25.1 Å². The largest absolute Gasteiger partial charge is 0.322 e. The molecule has 3 rings (SSSR count). The van der Waals surface area contributed by atoms with Crippen molar-refractivity contribution in [3.63, 3.8) is 0 Å². The molecule has 0 unspecified atom stereocenters. The molecule has 0 atom stereocenters. The second-order valence-electron chi connectivity index (χ2n) is 6.69. The van der Waals surface area contributed by atoms with Gasteiger partial charge in [-0.3, -0.25) is 4.79 Å². The van der Waals surface area contributed by atoms with Gasteiger partial charge >= 0.3 is 0 Å². The lowest BCUT2D eigenvalue weighted by Gasteiger charge is -2.11. The standard InChI is InChI=1S/C20H22N4O3S/c1-14(2)23-28(26,27)19-9-4-6-16(12-19)20(25)22-17-7-5-8-18(13-17)24-15(3)10-11-21-24/h4-14,23H,1-3H3,(H,22,25). The van der Waals surface area contributed by atoms with Crippen LogP contribution in [0.4, 0.5) is 5.69 Å². The summed E-state index contributed by atoms with van der Waals surface area (Å²) in [7, 11) is -3.67. The number of nitrogens with one attached hydrogen (secondary N) is 2. The van der Waals surface area contributed by atoms with Crippen molar-refractivity contribution in [3.8, 4) is 5.69 Å². The van der Waals surface area contributed by atoms with Gasteiger partial charge < -0.3 is 5.32 Å². The molecule has 28 heavy (non-hydrogen) atoms. The topological polar surface area (TPSA) is 93.1 Å². The summed E-state index contributed by atoms with van der Waals surface area (Å²) in [5, 5.41) is 7.06. The van der Waals surface area contributed by atoms with Gasteiger partial charge in [0, 0.05) is 29.2 Å². The molecule has 0 fully saturated rings. The number of aromatic nitrogens is 2. The molecule has 2 N–H and O–H groups in total. The first-order valence-corrected chi connectivity index (χ1v) is 10.3. The average Bonchev–Trinajstić information content (AvgIpc) is 3.07. The number of hydrogen-bond donors (Lipinski definition) is 2. The van der Waals surface area contributed by atoms with E-state index in [0.717, 1.165) is 11.4 Å². The summed E-state index contributed by atoms with van der Waals surface area (Å²) in [6.07, 6.45) is 1.71. The Hall–Kier alpha value is -2.97. The summed E-state index contributed by atoms with van der Waals surface area (Å²) < 4.78 is 28.9. The molecule has 0 spiro atoms. The highest BCUT2D eigenvalue weighted by Gasteiger charge is 2.17. The van der Waals surface area contributed by atoms with Gasteiger partial charge in [0.1, 0.15) is 0 Å². The number of hydrogen-bond acceptors (Lipinski definition) is 4. The van der Waals surface area contributed by atoms with E-state index in [1.165, 1.54) is 12.1 Å². The Labute approximate surface area is 164 Å². The zero-order valence-electron chi connectivity index (χ0n) is 15.9. The van der Waals surface area contributed by atoms with Gasteiger partial charge in [-0.05, 0) is 63.2 Å². The number of carbonyl (C=O) groups is 1. The predicted molar refractivity (Wildman–Crippen MR) is 108 cm³/mol. The Morgan fingerprint density at radius 1 is 1.07 bits per heavy atom. The third-order valence-electron chi connectivity index (χ3n) is 3.98. The van der Waals surface area contributed by atoms with Crippen LogP contribution in [-0.2, 0) is 10.0 Å². The van der Waals surface area contributed by atoms with Crippen molar-refractivity contribution in [2.75, 3.05) is 5.32 Å². The van der Waals surface area contributed by atoms with Crippen LogP contribution in [0.1, 0.15) is 29.9 Å². The molecule has 146 valence electrons. The molecule has 1 heterocycles. The fourth-order valence-electron chi connectivity index (χ4n) is 2.74. The van der Waals surface area contributed by atoms with Crippen LogP contribution < -0.4 is 10.0 Å². The molecule has 0 radical (unpaired) electrons. The zero-order valence-corrected chi connectivity index (χ0v) is 16.7. The molecule has 3 aromatic rings. The number of rotatable bonds is 6. The quantitative estimate of drug-likeness (QED) is 0.667. The average molecular weight is 398 g/mol. The second-order valence-corrected chi connectivity index (χ2v) is 8.41. The van der Waals surface area contributed by atoms with E-state index in [9.17, 15) is 13.2 Å². The fraction of sp³-hybridized carbons (Fsp3) is 0.200. The van der Waals surface area contributed by atoms with Gasteiger partial charge in [0.05, 0.1) is 10.6 Å². The summed E-state index contributed by atoms with van der Waals surface area (Å²) >= 11 is 0. The van der Waals surface area contributed by atoms with Crippen LogP contribution in [0.5, 0.6) is 0 Å². The van der Waals surface area contributed by atoms with Gasteiger partial charge in [-0.2, -0.15) is 5.10 Å². The lowest BCUT2D eigenvalue weighted by atomic mass is 10.2. The Morgan fingerprint density at radius 3 is 2.50 bits per heavy atom. The number of aryl methyl sites for hydroxylation is 1. The monoisotopic (exact) mass is 398 g/mol. The second kappa shape index (κ2) is 7.95. The van der Waals surface area contributed by atoms with Gasteiger partial charge in [0.2, 0.25) is 10.0 Å². The smallest absolute Gasteiger partial charge is 0.255 e. The van der Waals surface area contributed by atoms with E-state index in [-0.39, 0.29) is 16.5 Å². The van der Waals surface area contributed by atoms with Crippen LogP contribution in [0.25, 0.3) is 5.69 Å². The summed E-state index contributed by atoms with van der Waals surface area (Å²) in [5.74, 6) is -0.393. The first-order chi connectivity index (χ1) is 13.3. The summed E-state index contributed by atoms with van der Waals surface area (Å²) in [6, 6.07) is 14.9. The van der Waals surface area contributed by atoms with E-state index in [2.05, 4.69) is 15.1 Å². The van der Waals surface area contributed by atoms with Crippen LogP contribution in [0, 0.1) is 6.92 Å². The van der Waals surface area contributed by atoms with E-state index < -0.39 is 15.9 Å². The van der Waals surface area contributed by atoms with Gasteiger partial charge in [-0.1, -0.05) is 12.1 Å². The molecule has 0 aliphatic rings. The SMILES string of the molecule is Cc1ccnn1-c1cccc(NC(=O)c2cccc(S(=O)(=O)NC(C)C)c2)c1. The Balaban J connectivity index is 1.83. The van der Waals surface area contributed by atoms with Crippen LogP contribution in [0.3, 0.4) is 0 Å². The highest BCUT2D eigenvalue weighted by molar-refractivity contribution is 7.89.